The Morgan fingerprint density at radius 2 is 2.06 bits per heavy atom. The van der Waals surface area contributed by atoms with Gasteiger partial charge in [-0.2, -0.15) is 0 Å². The number of pyridine rings is 1. The lowest BCUT2D eigenvalue weighted by Crippen LogP contribution is -2.21. The Morgan fingerprint density at radius 1 is 1.50 bits per heavy atom. The minimum atomic E-state index is -0.348. The van der Waals surface area contributed by atoms with Crippen molar-refractivity contribution in [2.45, 2.75) is 26.0 Å². The molecule has 0 aliphatic carbocycles. The number of ether oxygens (including phenoxy) is 1. The molecule has 88 valence electrons. The summed E-state index contributed by atoms with van der Waals surface area (Å²) in [6, 6.07) is 2.97. The van der Waals surface area contributed by atoms with Gasteiger partial charge in [0.1, 0.15) is 16.9 Å². The number of nitrogens with two attached hydrogens (primary N) is 1. The normalized spacial score (nSPS) is 12.2. The molecule has 6 heteroatoms. The SMILES string of the molecule is C[C@H](N)CC(=O)OCc1cc(Cl)nc(Cl)c1. The van der Waals surface area contributed by atoms with E-state index in [0.717, 1.165) is 0 Å². The van der Waals surface area contributed by atoms with Crippen molar-refractivity contribution in [1.82, 2.24) is 4.98 Å². The topological polar surface area (TPSA) is 65.2 Å². The molecule has 0 saturated carbocycles. The van der Waals surface area contributed by atoms with Crippen LogP contribution in [0.3, 0.4) is 0 Å². The van der Waals surface area contributed by atoms with Crippen molar-refractivity contribution in [2.24, 2.45) is 5.73 Å². The average molecular weight is 263 g/mol. The molecule has 1 atom stereocenters. The number of carbonyl (C=O) groups excluding carboxylic acids is 1. The summed E-state index contributed by atoms with van der Waals surface area (Å²) < 4.78 is 4.98. The number of rotatable bonds is 4. The smallest absolute Gasteiger partial charge is 0.307 e. The van der Waals surface area contributed by atoms with Gasteiger partial charge >= 0.3 is 5.97 Å². The van der Waals surface area contributed by atoms with Gasteiger partial charge in [-0.05, 0) is 24.6 Å². The Morgan fingerprint density at radius 3 is 2.56 bits per heavy atom. The number of aromatic nitrogens is 1. The summed E-state index contributed by atoms with van der Waals surface area (Å²) in [6.45, 7) is 1.86. The van der Waals surface area contributed by atoms with Crippen LogP contribution in [0.15, 0.2) is 12.1 Å². The third-order valence-electron chi connectivity index (χ3n) is 1.71. The fraction of sp³-hybridized carbons (Fsp3) is 0.400. The molecule has 0 bridgehead atoms. The molecule has 0 radical (unpaired) electrons. The monoisotopic (exact) mass is 262 g/mol. The summed E-state index contributed by atoms with van der Waals surface area (Å²) in [5.41, 5.74) is 6.15. The van der Waals surface area contributed by atoms with E-state index in [4.69, 9.17) is 33.7 Å². The van der Waals surface area contributed by atoms with Crippen molar-refractivity contribution >= 4 is 29.2 Å². The van der Waals surface area contributed by atoms with Crippen molar-refractivity contribution in [2.75, 3.05) is 0 Å². The van der Waals surface area contributed by atoms with E-state index in [0.29, 0.717) is 5.56 Å². The average Bonchev–Trinajstić information content (AvgIpc) is 2.12. The fourth-order valence-electron chi connectivity index (χ4n) is 1.08. The predicted octanol–water partition coefficient (Wildman–Crippen LogP) is 2.17. The molecule has 0 saturated heterocycles. The van der Waals surface area contributed by atoms with Crippen LogP contribution in [0.1, 0.15) is 18.9 Å². The number of hydrogen-bond acceptors (Lipinski definition) is 4. The molecule has 0 fully saturated rings. The van der Waals surface area contributed by atoms with Crippen LogP contribution in [0, 0.1) is 0 Å². The summed E-state index contributed by atoms with van der Waals surface area (Å²) in [7, 11) is 0. The van der Waals surface area contributed by atoms with Crippen molar-refractivity contribution in [3.63, 3.8) is 0 Å². The van der Waals surface area contributed by atoms with E-state index in [9.17, 15) is 4.79 Å². The highest BCUT2D eigenvalue weighted by molar-refractivity contribution is 6.32. The van der Waals surface area contributed by atoms with Gasteiger partial charge in [-0.25, -0.2) is 4.98 Å². The van der Waals surface area contributed by atoms with Gasteiger partial charge in [-0.1, -0.05) is 23.2 Å². The molecule has 0 aromatic carbocycles. The van der Waals surface area contributed by atoms with Gasteiger partial charge in [0, 0.05) is 6.04 Å². The highest BCUT2D eigenvalue weighted by atomic mass is 35.5. The van der Waals surface area contributed by atoms with Crippen LogP contribution in [0.2, 0.25) is 10.3 Å². The Labute approximate surface area is 104 Å². The van der Waals surface area contributed by atoms with Gasteiger partial charge in [-0.3, -0.25) is 4.79 Å². The summed E-state index contributed by atoms with van der Waals surface area (Å²) in [4.78, 5) is 15.0. The molecule has 0 unspecified atom stereocenters. The van der Waals surface area contributed by atoms with Gasteiger partial charge in [0.15, 0.2) is 0 Å². The van der Waals surface area contributed by atoms with E-state index in [1.54, 1.807) is 19.1 Å². The molecule has 0 amide bonds. The van der Waals surface area contributed by atoms with Crippen LogP contribution < -0.4 is 5.73 Å². The summed E-state index contributed by atoms with van der Waals surface area (Å²) in [6.07, 6.45) is 0.187. The molecule has 1 heterocycles. The lowest BCUT2D eigenvalue weighted by Gasteiger charge is -2.07. The molecule has 1 rings (SSSR count). The molecular weight excluding hydrogens is 251 g/mol. The van der Waals surface area contributed by atoms with Crippen LogP contribution >= 0.6 is 23.2 Å². The molecule has 2 N–H and O–H groups in total. The predicted molar refractivity (Wildman–Crippen MR) is 62.3 cm³/mol. The van der Waals surface area contributed by atoms with Crippen molar-refractivity contribution in [3.8, 4) is 0 Å². The Balaban J connectivity index is 2.51. The summed E-state index contributed by atoms with van der Waals surface area (Å²) in [5.74, 6) is -0.348. The highest BCUT2D eigenvalue weighted by Crippen LogP contribution is 2.15. The number of halogens is 2. The van der Waals surface area contributed by atoms with Gasteiger partial charge in [0.25, 0.3) is 0 Å². The quantitative estimate of drug-likeness (QED) is 0.667. The second-order valence-corrected chi connectivity index (χ2v) is 4.24. The van der Waals surface area contributed by atoms with Crippen LogP contribution in [-0.4, -0.2) is 17.0 Å². The Kier molecular flexibility index (Phi) is 4.99. The lowest BCUT2D eigenvalue weighted by atomic mass is 10.2. The number of nitrogens with zero attached hydrogens (tertiary/aromatic N) is 1. The van der Waals surface area contributed by atoms with Crippen molar-refractivity contribution < 1.29 is 9.53 Å². The van der Waals surface area contributed by atoms with E-state index in [1.165, 1.54) is 0 Å². The maximum absolute atomic E-state index is 11.2. The molecule has 0 spiro atoms. The zero-order chi connectivity index (χ0) is 12.1. The van der Waals surface area contributed by atoms with E-state index < -0.39 is 0 Å². The van der Waals surface area contributed by atoms with Crippen LogP contribution in [0.4, 0.5) is 0 Å². The first-order chi connectivity index (χ1) is 7.47. The largest absolute Gasteiger partial charge is 0.461 e. The highest BCUT2D eigenvalue weighted by Gasteiger charge is 2.07. The zero-order valence-corrected chi connectivity index (χ0v) is 10.3. The first kappa shape index (κ1) is 13.2. The maximum Gasteiger partial charge on any atom is 0.307 e. The molecule has 0 aliphatic rings. The fourth-order valence-corrected chi connectivity index (χ4v) is 1.59. The third kappa shape index (κ3) is 4.79. The van der Waals surface area contributed by atoms with Crippen LogP contribution in [0.25, 0.3) is 0 Å². The number of hydrogen-bond donors (Lipinski definition) is 1. The van der Waals surface area contributed by atoms with E-state index in [1.807, 2.05) is 0 Å². The van der Waals surface area contributed by atoms with Gasteiger partial charge in [0.2, 0.25) is 0 Å². The Bertz CT molecular complexity index is 363. The standard InChI is InChI=1S/C10H12Cl2N2O2/c1-6(13)2-10(15)16-5-7-3-8(11)14-9(12)4-7/h3-4,6H,2,5,13H2,1H3/t6-/m0/s1. The second-order valence-electron chi connectivity index (χ2n) is 3.46. The number of carbonyl (C=O) groups is 1. The Hall–Kier alpha value is -0.840. The second kappa shape index (κ2) is 6.03. The van der Waals surface area contributed by atoms with Crippen molar-refractivity contribution in [3.05, 3.63) is 28.0 Å². The lowest BCUT2D eigenvalue weighted by molar-refractivity contribution is -0.145. The minimum Gasteiger partial charge on any atom is -0.461 e. The van der Waals surface area contributed by atoms with Gasteiger partial charge in [0.05, 0.1) is 6.42 Å². The molecule has 4 nitrogen and oxygen atoms in total. The molecule has 16 heavy (non-hydrogen) atoms. The van der Waals surface area contributed by atoms with E-state index in [-0.39, 0.29) is 35.3 Å². The van der Waals surface area contributed by atoms with Crippen LogP contribution in [0.5, 0.6) is 0 Å². The maximum atomic E-state index is 11.2. The third-order valence-corrected chi connectivity index (χ3v) is 2.10. The minimum absolute atomic E-state index is 0.119. The first-order valence-corrected chi connectivity index (χ1v) is 5.46. The van der Waals surface area contributed by atoms with E-state index in [2.05, 4.69) is 4.98 Å². The number of esters is 1. The first-order valence-electron chi connectivity index (χ1n) is 4.70. The summed E-state index contributed by atoms with van der Waals surface area (Å²) >= 11 is 11.4. The van der Waals surface area contributed by atoms with Gasteiger partial charge < -0.3 is 10.5 Å². The van der Waals surface area contributed by atoms with Crippen LogP contribution in [-0.2, 0) is 16.1 Å². The summed E-state index contributed by atoms with van der Waals surface area (Å²) in [5, 5.41) is 0.538. The molecular formula is C10H12Cl2N2O2. The van der Waals surface area contributed by atoms with E-state index >= 15 is 0 Å². The van der Waals surface area contributed by atoms with Gasteiger partial charge in [-0.15, -0.1) is 0 Å². The molecule has 0 aliphatic heterocycles. The molecule has 1 aromatic rings. The van der Waals surface area contributed by atoms with Crippen molar-refractivity contribution in [1.29, 1.82) is 0 Å². The zero-order valence-electron chi connectivity index (χ0n) is 8.74. The molecule has 1 aromatic heterocycles.